The number of thiazole rings is 1. The van der Waals surface area contributed by atoms with Crippen LogP contribution in [0.15, 0.2) is 78.2 Å². The van der Waals surface area contributed by atoms with Crippen LogP contribution in [0.1, 0.15) is 41.1 Å². The lowest BCUT2D eigenvalue weighted by atomic mass is 9.94. The third kappa shape index (κ3) is 6.14. The van der Waals surface area contributed by atoms with Crippen molar-refractivity contribution in [2.45, 2.75) is 52.4 Å². The predicted molar refractivity (Wildman–Crippen MR) is 155 cm³/mol. The van der Waals surface area contributed by atoms with Gasteiger partial charge in [-0.3, -0.25) is 9.69 Å². The van der Waals surface area contributed by atoms with Gasteiger partial charge in [0, 0.05) is 36.8 Å². The van der Waals surface area contributed by atoms with Gasteiger partial charge in [0.1, 0.15) is 11.0 Å². The van der Waals surface area contributed by atoms with Crippen LogP contribution in [0.3, 0.4) is 0 Å². The first-order valence-electron chi connectivity index (χ1n) is 13.2. The number of benzene rings is 3. The van der Waals surface area contributed by atoms with E-state index in [9.17, 15) is 9.90 Å². The molecule has 1 aliphatic rings. The molecule has 2 heterocycles. The lowest BCUT2D eigenvalue weighted by Crippen LogP contribution is -2.44. The molecule has 0 bridgehead atoms. The molecular formula is C32H35N3O2S. The molecule has 5 rings (SSSR count). The Balaban J connectivity index is 1.23. The first-order valence-corrected chi connectivity index (χ1v) is 14.1. The summed E-state index contributed by atoms with van der Waals surface area (Å²) in [6, 6.07) is 25.1. The molecule has 1 aliphatic heterocycles. The van der Waals surface area contributed by atoms with Crippen molar-refractivity contribution in [2.75, 3.05) is 11.9 Å². The first kappa shape index (κ1) is 26.1. The molecule has 0 saturated carbocycles. The zero-order valence-corrected chi connectivity index (χ0v) is 23.1. The zero-order chi connectivity index (χ0) is 26.6. The van der Waals surface area contributed by atoms with Gasteiger partial charge in [0.05, 0.1) is 12.2 Å². The van der Waals surface area contributed by atoms with Crippen LogP contribution in [0.2, 0.25) is 0 Å². The lowest BCUT2D eigenvalue weighted by molar-refractivity contribution is -0.144. The molecule has 4 aromatic rings. The van der Waals surface area contributed by atoms with E-state index in [1.807, 2.05) is 23.1 Å². The number of carbonyl (C=O) groups is 1. The molecule has 0 aliphatic carbocycles. The van der Waals surface area contributed by atoms with Crippen molar-refractivity contribution < 1.29 is 9.90 Å². The summed E-state index contributed by atoms with van der Waals surface area (Å²) in [7, 11) is 2.12. The Morgan fingerprint density at radius 3 is 2.39 bits per heavy atom. The number of fused-ring (bicyclic) bond motifs is 1. The van der Waals surface area contributed by atoms with Crippen molar-refractivity contribution in [2.24, 2.45) is 5.92 Å². The highest BCUT2D eigenvalue weighted by Crippen LogP contribution is 2.29. The average Bonchev–Trinajstić information content (AvgIpc) is 3.37. The highest BCUT2D eigenvalue weighted by molar-refractivity contribution is 7.09. The van der Waals surface area contributed by atoms with Crippen LogP contribution in [-0.4, -0.2) is 34.0 Å². The van der Waals surface area contributed by atoms with Crippen molar-refractivity contribution in [3.63, 3.8) is 0 Å². The van der Waals surface area contributed by atoms with Gasteiger partial charge in [0.15, 0.2) is 0 Å². The van der Waals surface area contributed by atoms with Crippen molar-refractivity contribution in [3.8, 4) is 11.3 Å². The van der Waals surface area contributed by atoms with Gasteiger partial charge >= 0.3 is 5.97 Å². The second kappa shape index (κ2) is 11.5. The van der Waals surface area contributed by atoms with Crippen molar-refractivity contribution in [3.05, 3.63) is 105 Å². The van der Waals surface area contributed by atoms with Crippen LogP contribution < -0.4 is 4.90 Å². The van der Waals surface area contributed by atoms with Crippen LogP contribution >= 0.6 is 11.3 Å². The smallest absolute Gasteiger partial charge is 0.321 e. The molecule has 0 saturated heterocycles. The molecule has 38 heavy (non-hydrogen) atoms. The van der Waals surface area contributed by atoms with E-state index in [4.69, 9.17) is 4.98 Å². The molecule has 0 spiro atoms. The van der Waals surface area contributed by atoms with Crippen molar-refractivity contribution in [1.29, 1.82) is 0 Å². The van der Waals surface area contributed by atoms with Crippen molar-refractivity contribution in [1.82, 2.24) is 9.88 Å². The van der Waals surface area contributed by atoms with Crippen LogP contribution in [0.5, 0.6) is 0 Å². The van der Waals surface area contributed by atoms with Crippen LogP contribution in [0.4, 0.5) is 5.69 Å². The molecule has 5 nitrogen and oxygen atoms in total. The molecule has 3 aromatic carbocycles. The first-order chi connectivity index (χ1) is 18.4. The van der Waals surface area contributed by atoms with Crippen LogP contribution in [-0.2, 0) is 37.3 Å². The molecule has 1 aromatic heterocycles. The Morgan fingerprint density at radius 2 is 1.71 bits per heavy atom. The summed E-state index contributed by atoms with van der Waals surface area (Å²) in [5.74, 6) is -0.109. The summed E-state index contributed by atoms with van der Waals surface area (Å²) >= 11 is 1.59. The van der Waals surface area contributed by atoms with Gasteiger partial charge in [0.2, 0.25) is 0 Å². The molecule has 1 atom stereocenters. The summed E-state index contributed by atoms with van der Waals surface area (Å²) < 4.78 is 0. The Hall–Kier alpha value is -3.48. The van der Waals surface area contributed by atoms with Gasteiger partial charge in [0.25, 0.3) is 0 Å². The van der Waals surface area contributed by atoms with E-state index in [1.54, 1.807) is 11.3 Å². The van der Waals surface area contributed by atoms with Crippen molar-refractivity contribution >= 4 is 23.0 Å². The minimum absolute atomic E-state index is 0.529. The molecule has 0 amide bonds. The molecule has 196 valence electrons. The van der Waals surface area contributed by atoms with Gasteiger partial charge in [-0.15, -0.1) is 11.3 Å². The van der Waals surface area contributed by atoms with Gasteiger partial charge in [-0.25, -0.2) is 4.98 Å². The van der Waals surface area contributed by atoms with Gasteiger partial charge in [-0.1, -0.05) is 74.5 Å². The van der Waals surface area contributed by atoms with E-state index in [0.717, 1.165) is 40.5 Å². The van der Waals surface area contributed by atoms with Gasteiger partial charge in [-0.05, 0) is 53.1 Å². The maximum atomic E-state index is 12.0. The molecule has 1 unspecified atom stereocenters. The standard InChI is InChI=1S/C32H35N3O2S/c1-22(2)16-23-8-10-24(11-9-23)18-34(3)28-14-12-25(13-15-28)29-21-38-31(33-29)20-35-19-27-7-5-4-6-26(27)17-30(35)32(36)37/h4-15,21-22,30H,16-20H2,1-3H3,(H,36,37). The number of aliphatic carboxylic acids is 1. The third-order valence-electron chi connectivity index (χ3n) is 7.21. The fraction of sp³-hybridized carbons (Fsp3) is 0.312. The second-order valence-corrected chi connectivity index (χ2v) is 11.6. The second-order valence-electron chi connectivity index (χ2n) is 10.7. The maximum absolute atomic E-state index is 12.0. The molecule has 1 N–H and O–H groups in total. The zero-order valence-electron chi connectivity index (χ0n) is 22.3. The minimum Gasteiger partial charge on any atom is -0.480 e. The molecule has 0 radical (unpaired) electrons. The van der Waals surface area contributed by atoms with E-state index in [1.165, 1.54) is 16.7 Å². The molecule has 0 fully saturated rings. The Morgan fingerprint density at radius 1 is 1.03 bits per heavy atom. The Bertz CT molecular complexity index is 1380. The lowest BCUT2D eigenvalue weighted by Gasteiger charge is -2.33. The Kier molecular flexibility index (Phi) is 7.91. The average molecular weight is 526 g/mol. The number of aromatic nitrogens is 1. The van der Waals surface area contributed by atoms with E-state index in [2.05, 4.69) is 85.8 Å². The van der Waals surface area contributed by atoms with E-state index in [0.29, 0.717) is 25.4 Å². The third-order valence-corrected chi connectivity index (χ3v) is 8.05. The van der Waals surface area contributed by atoms with Gasteiger partial charge < -0.3 is 10.0 Å². The SMILES string of the molecule is CC(C)Cc1ccc(CN(C)c2ccc(-c3csc(CN4Cc5ccccc5CC4C(=O)O)n3)cc2)cc1. The number of hydrogen-bond donors (Lipinski definition) is 1. The normalized spacial score (nSPS) is 15.4. The molecule has 6 heteroatoms. The summed E-state index contributed by atoms with van der Waals surface area (Å²) in [4.78, 5) is 21.1. The summed E-state index contributed by atoms with van der Waals surface area (Å²) in [6.45, 7) is 6.52. The summed E-state index contributed by atoms with van der Waals surface area (Å²) in [6.07, 6.45) is 1.64. The topological polar surface area (TPSA) is 56.7 Å². The number of carboxylic acid groups (broad SMARTS) is 1. The number of rotatable bonds is 9. The summed E-state index contributed by atoms with van der Waals surface area (Å²) in [5.41, 5.74) is 8.18. The predicted octanol–water partition coefficient (Wildman–Crippen LogP) is 6.66. The fourth-order valence-corrected chi connectivity index (χ4v) is 6.01. The number of hydrogen-bond acceptors (Lipinski definition) is 5. The van der Waals surface area contributed by atoms with E-state index < -0.39 is 12.0 Å². The van der Waals surface area contributed by atoms with Crippen LogP contribution in [0, 0.1) is 5.92 Å². The fourth-order valence-electron chi connectivity index (χ4n) is 5.18. The Labute approximate surface area is 229 Å². The monoisotopic (exact) mass is 525 g/mol. The maximum Gasteiger partial charge on any atom is 0.321 e. The van der Waals surface area contributed by atoms with Gasteiger partial charge in [-0.2, -0.15) is 0 Å². The van der Waals surface area contributed by atoms with E-state index in [-0.39, 0.29) is 0 Å². The summed E-state index contributed by atoms with van der Waals surface area (Å²) in [5, 5.41) is 12.8. The number of anilines is 1. The quantitative estimate of drug-likeness (QED) is 0.265. The minimum atomic E-state index is -0.775. The highest BCUT2D eigenvalue weighted by atomic mass is 32.1. The van der Waals surface area contributed by atoms with E-state index >= 15 is 0 Å². The largest absolute Gasteiger partial charge is 0.480 e. The highest BCUT2D eigenvalue weighted by Gasteiger charge is 2.31. The van der Waals surface area contributed by atoms with Crippen LogP contribution in [0.25, 0.3) is 11.3 Å². The number of nitrogens with zero attached hydrogens (tertiary/aromatic N) is 3. The molecular weight excluding hydrogens is 490 g/mol. The number of carboxylic acids is 1.